The van der Waals surface area contributed by atoms with E-state index in [1.807, 2.05) is 24.3 Å². The highest BCUT2D eigenvalue weighted by Crippen LogP contribution is 2.48. The summed E-state index contributed by atoms with van der Waals surface area (Å²) in [5, 5.41) is 3.46. The van der Waals surface area contributed by atoms with E-state index in [9.17, 15) is 4.79 Å². The van der Waals surface area contributed by atoms with Gasteiger partial charge in [-0.1, -0.05) is 36.2 Å². The summed E-state index contributed by atoms with van der Waals surface area (Å²) in [6.07, 6.45) is 2.64. The van der Waals surface area contributed by atoms with Gasteiger partial charge in [-0.05, 0) is 37.1 Å². The van der Waals surface area contributed by atoms with E-state index in [0.717, 1.165) is 30.6 Å². The predicted molar refractivity (Wildman–Crippen MR) is 95.2 cm³/mol. The van der Waals surface area contributed by atoms with Crippen molar-refractivity contribution in [1.29, 1.82) is 0 Å². The van der Waals surface area contributed by atoms with Gasteiger partial charge >= 0.3 is 0 Å². The molecule has 1 aliphatic rings. The average Bonchev–Trinajstić information content (AvgIpc) is 2.54. The van der Waals surface area contributed by atoms with E-state index in [1.165, 1.54) is 0 Å². The molecule has 1 saturated carbocycles. The van der Waals surface area contributed by atoms with Crippen molar-refractivity contribution in [1.82, 2.24) is 0 Å². The maximum atomic E-state index is 13.0. The van der Waals surface area contributed by atoms with Crippen molar-refractivity contribution in [3.8, 4) is 11.5 Å². The van der Waals surface area contributed by atoms with Gasteiger partial charge in [0.1, 0.15) is 11.5 Å². The lowest BCUT2D eigenvalue weighted by atomic mass is 9.63. The van der Waals surface area contributed by atoms with Crippen LogP contribution in [-0.2, 0) is 10.2 Å². The Morgan fingerprint density at radius 1 is 1.08 bits per heavy atom. The van der Waals surface area contributed by atoms with Gasteiger partial charge in [0.15, 0.2) is 0 Å². The van der Waals surface area contributed by atoms with Crippen LogP contribution >= 0.6 is 11.6 Å². The number of ether oxygens (including phenoxy) is 2. The maximum Gasteiger partial charge on any atom is 0.235 e. The summed E-state index contributed by atoms with van der Waals surface area (Å²) in [7, 11) is 3.19. The molecule has 0 aliphatic heterocycles. The molecule has 0 unspecified atom stereocenters. The van der Waals surface area contributed by atoms with Gasteiger partial charge in [0.2, 0.25) is 5.91 Å². The number of nitrogens with one attached hydrogen (secondary N) is 1. The molecule has 5 heteroatoms. The molecule has 2 aromatic carbocycles. The molecule has 126 valence electrons. The summed E-state index contributed by atoms with van der Waals surface area (Å²) >= 11 is 6.14. The van der Waals surface area contributed by atoms with Crippen molar-refractivity contribution >= 4 is 23.2 Å². The van der Waals surface area contributed by atoms with Crippen LogP contribution in [0.5, 0.6) is 11.5 Å². The number of methoxy groups -OCH3 is 2. The van der Waals surface area contributed by atoms with E-state index < -0.39 is 5.41 Å². The minimum Gasteiger partial charge on any atom is -0.496 e. The number of anilines is 1. The van der Waals surface area contributed by atoms with Crippen molar-refractivity contribution in [3.05, 3.63) is 53.1 Å². The molecule has 0 spiro atoms. The highest BCUT2D eigenvalue weighted by molar-refractivity contribution is 6.32. The van der Waals surface area contributed by atoms with Crippen molar-refractivity contribution in [2.45, 2.75) is 24.7 Å². The first-order valence-electron chi connectivity index (χ1n) is 7.89. The molecule has 1 aliphatic carbocycles. The molecule has 0 saturated heterocycles. The summed E-state index contributed by atoms with van der Waals surface area (Å²) in [4.78, 5) is 13.0. The number of hydrogen-bond donors (Lipinski definition) is 1. The Bertz CT molecular complexity index is 756. The fourth-order valence-electron chi connectivity index (χ4n) is 3.18. The number of halogens is 1. The fourth-order valence-corrected chi connectivity index (χ4v) is 3.44. The lowest BCUT2D eigenvalue weighted by molar-refractivity contribution is -0.124. The summed E-state index contributed by atoms with van der Waals surface area (Å²) in [5.74, 6) is 1.30. The average molecular weight is 346 g/mol. The van der Waals surface area contributed by atoms with E-state index in [0.29, 0.717) is 16.5 Å². The standard InChI is InChI=1S/C19H20ClNO3/c1-23-16-7-4-3-6-14(16)19(10-5-11-19)18(22)21-13-8-9-17(24-2)15(20)12-13/h3-4,6-9,12H,5,10-11H2,1-2H3,(H,21,22). The SMILES string of the molecule is COc1ccc(NC(=O)C2(c3ccccc3OC)CCC2)cc1Cl. The molecular formula is C19H20ClNO3. The van der Waals surface area contributed by atoms with Crippen LogP contribution in [0.4, 0.5) is 5.69 Å². The third-order valence-electron chi connectivity index (χ3n) is 4.67. The van der Waals surface area contributed by atoms with Gasteiger partial charge in [-0.25, -0.2) is 0 Å². The number of benzene rings is 2. The third-order valence-corrected chi connectivity index (χ3v) is 4.97. The maximum absolute atomic E-state index is 13.0. The van der Waals surface area contributed by atoms with Gasteiger partial charge in [0.05, 0.1) is 24.7 Å². The van der Waals surface area contributed by atoms with Crippen LogP contribution in [0.25, 0.3) is 0 Å². The molecule has 2 aromatic rings. The van der Waals surface area contributed by atoms with Crippen LogP contribution in [0.2, 0.25) is 5.02 Å². The molecule has 3 rings (SSSR count). The van der Waals surface area contributed by atoms with E-state index >= 15 is 0 Å². The molecule has 0 aromatic heterocycles. The molecule has 24 heavy (non-hydrogen) atoms. The zero-order valence-corrected chi connectivity index (χ0v) is 14.5. The van der Waals surface area contributed by atoms with Gasteiger partial charge in [0, 0.05) is 11.3 Å². The second-order valence-corrected chi connectivity index (χ2v) is 6.35. The van der Waals surface area contributed by atoms with Gasteiger partial charge in [-0.3, -0.25) is 4.79 Å². The minimum absolute atomic E-state index is 0.0283. The number of carbonyl (C=O) groups excluding carboxylic acids is 1. The monoisotopic (exact) mass is 345 g/mol. The Hall–Kier alpha value is -2.20. The molecule has 1 amide bonds. The first-order valence-corrected chi connectivity index (χ1v) is 8.27. The molecule has 1 fully saturated rings. The summed E-state index contributed by atoms with van der Waals surface area (Å²) in [6.45, 7) is 0. The largest absolute Gasteiger partial charge is 0.496 e. The molecule has 0 bridgehead atoms. The van der Waals surface area contributed by atoms with Crippen LogP contribution in [-0.4, -0.2) is 20.1 Å². The molecule has 0 radical (unpaired) electrons. The van der Waals surface area contributed by atoms with Gasteiger partial charge in [0.25, 0.3) is 0 Å². The number of amides is 1. The topological polar surface area (TPSA) is 47.6 Å². The highest BCUT2D eigenvalue weighted by atomic mass is 35.5. The summed E-state index contributed by atoms with van der Waals surface area (Å²) in [5.41, 5.74) is 1.06. The van der Waals surface area contributed by atoms with Crippen LogP contribution in [0.1, 0.15) is 24.8 Å². The Kier molecular flexibility index (Phi) is 4.67. The number of para-hydroxylation sites is 1. The van der Waals surface area contributed by atoms with Gasteiger partial charge in [-0.15, -0.1) is 0 Å². The third kappa shape index (κ3) is 2.82. The Morgan fingerprint density at radius 2 is 1.79 bits per heavy atom. The second kappa shape index (κ2) is 6.73. The number of hydrogen-bond acceptors (Lipinski definition) is 3. The van der Waals surface area contributed by atoms with Crippen LogP contribution < -0.4 is 14.8 Å². The van der Waals surface area contributed by atoms with Crippen molar-refractivity contribution in [2.75, 3.05) is 19.5 Å². The number of rotatable bonds is 5. The second-order valence-electron chi connectivity index (χ2n) is 5.94. The summed E-state index contributed by atoms with van der Waals surface area (Å²) < 4.78 is 10.6. The minimum atomic E-state index is -0.543. The lowest BCUT2D eigenvalue weighted by Gasteiger charge is -2.41. The first kappa shape index (κ1) is 16.7. The smallest absolute Gasteiger partial charge is 0.235 e. The van der Waals surface area contributed by atoms with Crippen LogP contribution in [0, 0.1) is 0 Å². The van der Waals surface area contributed by atoms with Crippen LogP contribution in [0.15, 0.2) is 42.5 Å². The Morgan fingerprint density at radius 3 is 2.38 bits per heavy atom. The quantitative estimate of drug-likeness (QED) is 0.872. The molecule has 4 nitrogen and oxygen atoms in total. The fraction of sp³-hybridized carbons (Fsp3) is 0.316. The Labute approximate surface area is 146 Å². The highest BCUT2D eigenvalue weighted by Gasteiger charge is 2.47. The lowest BCUT2D eigenvalue weighted by Crippen LogP contribution is -2.46. The molecular weight excluding hydrogens is 326 g/mol. The van der Waals surface area contributed by atoms with Crippen molar-refractivity contribution in [3.63, 3.8) is 0 Å². The van der Waals surface area contributed by atoms with E-state index in [-0.39, 0.29) is 5.91 Å². The normalized spacial score (nSPS) is 15.3. The van der Waals surface area contributed by atoms with E-state index in [4.69, 9.17) is 21.1 Å². The number of carbonyl (C=O) groups is 1. The van der Waals surface area contributed by atoms with Crippen LogP contribution in [0.3, 0.4) is 0 Å². The first-order chi connectivity index (χ1) is 11.6. The summed E-state index contributed by atoms with van der Waals surface area (Å²) in [6, 6.07) is 13.0. The van der Waals surface area contributed by atoms with E-state index in [2.05, 4.69) is 5.32 Å². The van der Waals surface area contributed by atoms with Crippen molar-refractivity contribution < 1.29 is 14.3 Å². The van der Waals surface area contributed by atoms with Gasteiger partial charge in [-0.2, -0.15) is 0 Å². The van der Waals surface area contributed by atoms with Gasteiger partial charge < -0.3 is 14.8 Å². The molecule has 0 atom stereocenters. The van der Waals surface area contributed by atoms with E-state index in [1.54, 1.807) is 32.4 Å². The Balaban J connectivity index is 1.88. The molecule has 0 heterocycles. The van der Waals surface area contributed by atoms with Crippen molar-refractivity contribution in [2.24, 2.45) is 0 Å². The zero-order valence-electron chi connectivity index (χ0n) is 13.8. The predicted octanol–water partition coefficient (Wildman–Crippen LogP) is 4.42. The molecule has 1 N–H and O–H groups in total. The zero-order chi connectivity index (χ0) is 17.2.